The van der Waals surface area contributed by atoms with E-state index in [9.17, 15) is 14.4 Å². The number of amides is 2. The van der Waals surface area contributed by atoms with Gasteiger partial charge in [-0.05, 0) is 36.2 Å². The van der Waals surface area contributed by atoms with Crippen LogP contribution >= 0.6 is 11.9 Å². The summed E-state index contributed by atoms with van der Waals surface area (Å²) in [5.74, 6) is 0.727. The minimum absolute atomic E-state index is 0.0470. The average molecular weight is 414 g/mol. The average Bonchev–Trinajstić information content (AvgIpc) is 3.26. The van der Waals surface area contributed by atoms with Gasteiger partial charge in [0.1, 0.15) is 0 Å². The quantitative estimate of drug-likeness (QED) is 0.390. The van der Waals surface area contributed by atoms with Crippen molar-refractivity contribution in [2.75, 3.05) is 11.7 Å². The zero-order valence-electron chi connectivity index (χ0n) is 15.5. The first-order valence-electron chi connectivity index (χ1n) is 8.52. The molecule has 1 aromatic heterocycles. The fourth-order valence-corrected chi connectivity index (χ4v) is 2.99. The zero-order valence-corrected chi connectivity index (χ0v) is 16.3. The van der Waals surface area contributed by atoms with Crippen LogP contribution in [0.4, 0.5) is 5.69 Å². The van der Waals surface area contributed by atoms with Crippen LogP contribution in [-0.4, -0.2) is 37.6 Å². The number of hydrogen-bond donors (Lipinski definition) is 2. The maximum Gasteiger partial charge on any atom is 0.363 e. The van der Waals surface area contributed by atoms with Crippen molar-refractivity contribution in [2.45, 2.75) is 19.4 Å². The molecule has 1 aliphatic rings. The molecule has 0 spiro atoms. The van der Waals surface area contributed by atoms with Crippen molar-refractivity contribution in [2.24, 2.45) is 5.10 Å². The first-order chi connectivity index (χ1) is 14.0. The summed E-state index contributed by atoms with van der Waals surface area (Å²) < 4.78 is 3.64. The van der Waals surface area contributed by atoms with E-state index in [0.29, 0.717) is 22.9 Å². The highest BCUT2D eigenvalue weighted by Gasteiger charge is 2.33. The lowest BCUT2D eigenvalue weighted by atomic mass is 10.2. The minimum atomic E-state index is -0.786. The number of hydrazine groups is 1. The molecule has 2 aromatic rings. The van der Waals surface area contributed by atoms with E-state index in [1.165, 1.54) is 24.1 Å². The minimum Gasteiger partial charge on any atom is -0.325 e. The summed E-state index contributed by atoms with van der Waals surface area (Å²) in [6, 6.07) is 6.24. The Morgan fingerprint density at radius 3 is 2.55 bits per heavy atom. The number of terminal acetylenes is 1. The Morgan fingerprint density at radius 2 is 1.93 bits per heavy atom. The molecule has 150 valence electrons. The highest BCUT2D eigenvalue weighted by molar-refractivity contribution is 7.97. The molecule has 0 saturated carbocycles. The third-order valence-electron chi connectivity index (χ3n) is 3.95. The lowest BCUT2D eigenvalue weighted by molar-refractivity contribution is -0.172. The number of imide groups is 1. The number of carbonyl (C=O) groups excluding carboxylic acids is 3. The third-order valence-corrected chi connectivity index (χ3v) is 4.63. The van der Waals surface area contributed by atoms with E-state index >= 15 is 0 Å². The first-order valence-corrected chi connectivity index (χ1v) is 9.70. The predicted octanol–water partition coefficient (Wildman–Crippen LogP) is 0.702. The Hall–Kier alpha value is -3.65. The van der Waals surface area contributed by atoms with E-state index in [0.717, 1.165) is 0 Å². The van der Waals surface area contributed by atoms with E-state index in [1.807, 2.05) is 22.6 Å². The number of carbonyl (C=O) groups is 3. The SMILES string of the molecule is C#CCn1ccn(SC)/c1=N\NNc1ccc(C(=O)ON2C(=O)CCC2=O)cc1. The van der Waals surface area contributed by atoms with Crippen LogP contribution in [0.25, 0.3) is 0 Å². The molecule has 2 amide bonds. The van der Waals surface area contributed by atoms with Gasteiger partial charge in [-0.15, -0.1) is 16.6 Å². The summed E-state index contributed by atoms with van der Waals surface area (Å²) in [4.78, 5) is 40.0. The van der Waals surface area contributed by atoms with Crippen LogP contribution in [0.5, 0.6) is 0 Å². The second-order valence-corrected chi connectivity index (χ2v) is 6.58. The lowest BCUT2D eigenvalue weighted by Crippen LogP contribution is -2.32. The molecule has 1 aliphatic heterocycles. The molecule has 1 aromatic carbocycles. The standard InChI is InChI=1S/C18H18N6O4S/c1-3-10-22-11-12-23(29-2)18(22)20-21-19-14-6-4-13(5-7-14)17(27)28-24-15(25)8-9-16(24)26/h1,4-7,11-12,19,21H,8-10H2,2H3/b20-18-. The number of hydrogen-bond acceptors (Lipinski definition) is 8. The van der Waals surface area contributed by atoms with Crippen molar-refractivity contribution in [3.8, 4) is 12.3 Å². The fourth-order valence-electron chi connectivity index (χ4n) is 2.50. The molecule has 0 unspecified atom stereocenters. The van der Waals surface area contributed by atoms with Crippen LogP contribution in [-0.2, 0) is 21.0 Å². The fraction of sp³-hybridized carbons (Fsp3) is 0.222. The molecule has 0 bridgehead atoms. The molecule has 1 saturated heterocycles. The Labute approximate surface area is 170 Å². The van der Waals surface area contributed by atoms with Crippen LogP contribution < -0.4 is 16.6 Å². The van der Waals surface area contributed by atoms with Crippen molar-refractivity contribution in [1.29, 1.82) is 0 Å². The number of imidazole rings is 1. The smallest absolute Gasteiger partial charge is 0.325 e. The Morgan fingerprint density at radius 1 is 1.24 bits per heavy atom. The molecule has 10 nitrogen and oxygen atoms in total. The molecule has 0 aliphatic carbocycles. The topological polar surface area (TPSA) is 110 Å². The van der Waals surface area contributed by atoms with E-state index in [-0.39, 0.29) is 18.4 Å². The molecular formula is C18H18N6O4S. The Bertz CT molecular complexity index is 1020. The largest absolute Gasteiger partial charge is 0.363 e. The van der Waals surface area contributed by atoms with Crippen LogP contribution in [0.1, 0.15) is 23.2 Å². The van der Waals surface area contributed by atoms with Crippen molar-refractivity contribution in [1.82, 2.24) is 19.1 Å². The van der Waals surface area contributed by atoms with Crippen molar-refractivity contribution in [3.05, 3.63) is 47.8 Å². The van der Waals surface area contributed by atoms with Gasteiger partial charge < -0.3 is 9.40 Å². The second kappa shape index (κ2) is 9.03. The van der Waals surface area contributed by atoms with Gasteiger partial charge in [0.05, 0.1) is 17.8 Å². The van der Waals surface area contributed by atoms with E-state index < -0.39 is 17.8 Å². The van der Waals surface area contributed by atoms with Crippen molar-refractivity contribution in [3.63, 3.8) is 0 Å². The second-order valence-electron chi connectivity index (χ2n) is 5.83. The van der Waals surface area contributed by atoms with E-state index in [1.54, 1.807) is 16.7 Å². The summed E-state index contributed by atoms with van der Waals surface area (Å²) in [5.41, 5.74) is 7.06. The number of aromatic nitrogens is 2. The van der Waals surface area contributed by atoms with Crippen LogP contribution in [0.15, 0.2) is 41.8 Å². The number of rotatable bonds is 7. The zero-order chi connectivity index (χ0) is 20.8. The Kier molecular flexibility index (Phi) is 6.25. The Balaban J connectivity index is 1.62. The predicted molar refractivity (Wildman–Crippen MR) is 105 cm³/mol. The van der Waals surface area contributed by atoms with Gasteiger partial charge in [-0.3, -0.25) is 19.0 Å². The number of nitrogens with zero attached hydrogens (tertiary/aromatic N) is 4. The molecule has 3 rings (SSSR count). The van der Waals surface area contributed by atoms with Crippen molar-refractivity contribution < 1.29 is 19.2 Å². The van der Waals surface area contributed by atoms with Crippen LogP contribution in [0.3, 0.4) is 0 Å². The normalized spacial score (nSPS) is 14.1. The third kappa shape index (κ3) is 4.61. The number of benzene rings is 1. The molecule has 2 heterocycles. The maximum absolute atomic E-state index is 12.1. The molecular weight excluding hydrogens is 396 g/mol. The van der Waals surface area contributed by atoms with E-state index in [4.69, 9.17) is 11.3 Å². The van der Waals surface area contributed by atoms with Gasteiger partial charge in [0.15, 0.2) is 0 Å². The summed E-state index contributed by atoms with van der Waals surface area (Å²) in [5, 5.41) is 4.78. The summed E-state index contributed by atoms with van der Waals surface area (Å²) >= 11 is 1.47. The monoisotopic (exact) mass is 414 g/mol. The molecule has 29 heavy (non-hydrogen) atoms. The molecule has 1 fully saturated rings. The van der Waals surface area contributed by atoms with Gasteiger partial charge in [0, 0.05) is 31.5 Å². The maximum atomic E-state index is 12.1. The highest BCUT2D eigenvalue weighted by Crippen LogP contribution is 2.15. The number of hydroxylamine groups is 2. The number of anilines is 1. The molecule has 11 heteroatoms. The van der Waals surface area contributed by atoms with Crippen molar-refractivity contribution >= 4 is 35.4 Å². The summed E-state index contributed by atoms with van der Waals surface area (Å²) in [7, 11) is 0. The van der Waals surface area contributed by atoms with Gasteiger partial charge >= 0.3 is 5.97 Å². The van der Waals surface area contributed by atoms with Gasteiger partial charge in [-0.1, -0.05) is 5.92 Å². The van der Waals surface area contributed by atoms with Gasteiger partial charge in [0.25, 0.3) is 11.8 Å². The molecule has 2 N–H and O–H groups in total. The summed E-state index contributed by atoms with van der Waals surface area (Å²) in [6.45, 7) is 0.382. The molecule has 0 radical (unpaired) electrons. The van der Waals surface area contributed by atoms with Gasteiger partial charge in [-0.25, -0.2) is 10.3 Å². The van der Waals surface area contributed by atoms with Gasteiger partial charge in [0.2, 0.25) is 5.62 Å². The molecule has 0 atom stereocenters. The first kappa shape index (κ1) is 20.1. The van der Waals surface area contributed by atoms with Crippen LogP contribution in [0.2, 0.25) is 0 Å². The number of nitrogens with one attached hydrogen (secondary N) is 2. The summed E-state index contributed by atoms with van der Waals surface area (Å²) in [6.07, 6.45) is 11.0. The van der Waals surface area contributed by atoms with E-state index in [2.05, 4.69) is 22.0 Å². The highest BCUT2D eigenvalue weighted by atomic mass is 32.2. The lowest BCUT2D eigenvalue weighted by Gasteiger charge is -2.12. The van der Waals surface area contributed by atoms with Crippen LogP contribution in [0, 0.1) is 12.3 Å². The van der Waals surface area contributed by atoms with Gasteiger partial charge in [-0.2, -0.15) is 0 Å².